The molecule has 0 aliphatic heterocycles. The number of halogens is 3. The molecule has 0 aromatic heterocycles. The summed E-state index contributed by atoms with van der Waals surface area (Å²) in [5.74, 6) is -2.19. The van der Waals surface area contributed by atoms with Gasteiger partial charge in [0.15, 0.2) is 11.5 Å². The molecule has 0 radical (unpaired) electrons. The number of ether oxygens (including phenoxy) is 2. The fraction of sp³-hybridized carbons (Fsp3) is 0.222. The van der Waals surface area contributed by atoms with E-state index in [4.69, 9.17) is 5.11 Å². The van der Waals surface area contributed by atoms with Crippen molar-refractivity contribution in [2.45, 2.75) is 13.3 Å². The third-order valence-corrected chi connectivity index (χ3v) is 1.42. The lowest BCUT2D eigenvalue weighted by Gasteiger charge is -2.10. The van der Waals surface area contributed by atoms with Crippen molar-refractivity contribution in [3.63, 3.8) is 0 Å². The van der Waals surface area contributed by atoms with Crippen LogP contribution in [0.2, 0.25) is 0 Å². The molecule has 0 spiro atoms. The monoisotopic (exact) mass is 236 g/mol. The van der Waals surface area contributed by atoms with Crippen LogP contribution in [-0.2, 0) is 4.79 Å². The van der Waals surface area contributed by atoms with Crippen LogP contribution in [0.1, 0.15) is 6.92 Å². The van der Waals surface area contributed by atoms with E-state index in [9.17, 15) is 18.0 Å². The van der Waals surface area contributed by atoms with Gasteiger partial charge in [-0.1, -0.05) is 0 Å². The van der Waals surface area contributed by atoms with E-state index in [0.717, 1.165) is 25.1 Å². The van der Waals surface area contributed by atoms with Crippen molar-refractivity contribution >= 4 is 5.97 Å². The number of phenolic OH excluding ortho intramolecular Hbond substituents is 1. The molecule has 0 saturated carbocycles. The maximum atomic E-state index is 11.8. The number of benzene rings is 1. The topological polar surface area (TPSA) is 55.8 Å². The number of phenols is 1. The van der Waals surface area contributed by atoms with Crippen molar-refractivity contribution in [1.82, 2.24) is 0 Å². The van der Waals surface area contributed by atoms with Crippen LogP contribution >= 0.6 is 0 Å². The van der Waals surface area contributed by atoms with E-state index in [0.29, 0.717) is 0 Å². The molecule has 0 amide bonds. The SMILES string of the molecule is CC(=O)Oc1cc(OC(F)(F)F)ccc1O. The van der Waals surface area contributed by atoms with E-state index in [-0.39, 0.29) is 0 Å². The van der Waals surface area contributed by atoms with Gasteiger partial charge in [-0.15, -0.1) is 13.2 Å². The first-order valence-electron chi connectivity index (χ1n) is 4.05. The lowest BCUT2D eigenvalue weighted by molar-refractivity contribution is -0.274. The summed E-state index contributed by atoms with van der Waals surface area (Å²) in [7, 11) is 0. The van der Waals surface area contributed by atoms with Gasteiger partial charge in [0.25, 0.3) is 0 Å². The van der Waals surface area contributed by atoms with Crippen molar-refractivity contribution in [1.29, 1.82) is 0 Å². The Bertz CT molecular complexity index is 400. The molecule has 1 aromatic rings. The van der Waals surface area contributed by atoms with E-state index in [2.05, 4.69) is 9.47 Å². The highest BCUT2D eigenvalue weighted by atomic mass is 19.4. The highest BCUT2D eigenvalue weighted by Gasteiger charge is 2.31. The van der Waals surface area contributed by atoms with Crippen molar-refractivity contribution < 1.29 is 32.5 Å². The summed E-state index contributed by atoms with van der Waals surface area (Å²) in [6.07, 6.45) is -4.84. The van der Waals surface area contributed by atoms with Gasteiger partial charge in [-0.25, -0.2) is 0 Å². The maximum absolute atomic E-state index is 11.8. The van der Waals surface area contributed by atoms with Gasteiger partial charge in [-0.2, -0.15) is 0 Å². The van der Waals surface area contributed by atoms with E-state index in [1.807, 2.05) is 0 Å². The molecule has 0 bridgehead atoms. The van der Waals surface area contributed by atoms with E-state index in [1.165, 1.54) is 0 Å². The van der Waals surface area contributed by atoms with Gasteiger partial charge in [-0.3, -0.25) is 4.79 Å². The first kappa shape index (κ1) is 12.2. The number of carbonyl (C=O) groups excluding carboxylic acids is 1. The van der Waals surface area contributed by atoms with Crippen molar-refractivity contribution in [3.8, 4) is 17.2 Å². The van der Waals surface area contributed by atoms with Crippen molar-refractivity contribution in [2.24, 2.45) is 0 Å². The zero-order valence-electron chi connectivity index (χ0n) is 8.04. The molecule has 1 rings (SSSR count). The Kier molecular flexibility index (Phi) is 3.26. The molecule has 0 atom stereocenters. The van der Waals surface area contributed by atoms with Gasteiger partial charge < -0.3 is 14.6 Å². The number of carbonyl (C=O) groups is 1. The Balaban J connectivity index is 2.93. The van der Waals surface area contributed by atoms with Gasteiger partial charge in [0.05, 0.1) is 0 Å². The van der Waals surface area contributed by atoms with Crippen LogP contribution in [-0.4, -0.2) is 17.4 Å². The van der Waals surface area contributed by atoms with Gasteiger partial charge in [0, 0.05) is 13.0 Å². The van der Waals surface area contributed by atoms with Crippen molar-refractivity contribution in [2.75, 3.05) is 0 Å². The molecule has 0 saturated heterocycles. The second-order valence-corrected chi connectivity index (χ2v) is 2.77. The predicted molar refractivity (Wildman–Crippen MR) is 46.1 cm³/mol. The average molecular weight is 236 g/mol. The number of rotatable bonds is 2. The molecule has 0 aliphatic rings. The fourth-order valence-corrected chi connectivity index (χ4v) is 0.928. The van der Waals surface area contributed by atoms with Crippen LogP contribution in [0, 0.1) is 0 Å². The third kappa shape index (κ3) is 3.68. The van der Waals surface area contributed by atoms with Crippen molar-refractivity contribution in [3.05, 3.63) is 18.2 Å². The Labute approximate surface area is 88.2 Å². The molecule has 88 valence electrons. The first-order valence-corrected chi connectivity index (χ1v) is 4.05. The Morgan fingerprint density at radius 3 is 2.50 bits per heavy atom. The second-order valence-electron chi connectivity index (χ2n) is 2.77. The normalized spacial score (nSPS) is 11.0. The van der Waals surface area contributed by atoms with Gasteiger partial charge in [0.2, 0.25) is 0 Å². The summed E-state index contributed by atoms with van der Waals surface area (Å²) in [5, 5.41) is 9.17. The summed E-state index contributed by atoms with van der Waals surface area (Å²) < 4.78 is 43.6. The molecule has 0 heterocycles. The van der Waals surface area contributed by atoms with Crippen LogP contribution in [0.4, 0.5) is 13.2 Å². The maximum Gasteiger partial charge on any atom is 0.573 e. The standard InChI is InChI=1S/C9H7F3O4/c1-5(13)15-8-4-6(2-3-7(8)14)16-9(10,11)12/h2-4,14H,1H3. The van der Waals surface area contributed by atoms with Crippen LogP contribution in [0.5, 0.6) is 17.2 Å². The molecule has 0 aliphatic carbocycles. The predicted octanol–water partition coefficient (Wildman–Crippen LogP) is 2.22. The average Bonchev–Trinajstić information content (AvgIpc) is 2.07. The van der Waals surface area contributed by atoms with Crippen LogP contribution in [0.3, 0.4) is 0 Å². The van der Waals surface area contributed by atoms with Crippen LogP contribution in [0.15, 0.2) is 18.2 Å². The van der Waals surface area contributed by atoms with E-state index < -0.39 is 29.6 Å². The van der Waals surface area contributed by atoms with Crippen LogP contribution in [0.25, 0.3) is 0 Å². The van der Waals surface area contributed by atoms with Gasteiger partial charge in [-0.05, 0) is 12.1 Å². The Morgan fingerprint density at radius 2 is 2.00 bits per heavy atom. The summed E-state index contributed by atoms with van der Waals surface area (Å²) in [6.45, 7) is 1.05. The number of hydrogen-bond acceptors (Lipinski definition) is 4. The lowest BCUT2D eigenvalue weighted by atomic mass is 10.3. The largest absolute Gasteiger partial charge is 0.573 e. The molecule has 0 fully saturated rings. The molecule has 16 heavy (non-hydrogen) atoms. The Morgan fingerprint density at radius 1 is 1.38 bits per heavy atom. The lowest BCUT2D eigenvalue weighted by Crippen LogP contribution is -2.17. The number of esters is 1. The molecule has 1 aromatic carbocycles. The summed E-state index contributed by atoms with van der Waals surface area (Å²) in [5.41, 5.74) is 0. The third-order valence-electron chi connectivity index (χ3n) is 1.42. The molecule has 1 N–H and O–H groups in total. The highest BCUT2D eigenvalue weighted by Crippen LogP contribution is 2.32. The zero-order chi connectivity index (χ0) is 12.3. The molecule has 7 heteroatoms. The Hall–Kier alpha value is -1.92. The zero-order valence-corrected chi connectivity index (χ0v) is 8.04. The van der Waals surface area contributed by atoms with E-state index >= 15 is 0 Å². The van der Waals surface area contributed by atoms with Crippen LogP contribution < -0.4 is 9.47 Å². The molecular formula is C9H7F3O4. The minimum absolute atomic E-state index is 0.394. The molecular weight excluding hydrogens is 229 g/mol. The second kappa shape index (κ2) is 4.30. The number of alkyl halides is 3. The minimum atomic E-state index is -4.84. The summed E-state index contributed by atoms with van der Waals surface area (Å²) in [4.78, 5) is 10.6. The quantitative estimate of drug-likeness (QED) is 0.631. The number of aromatic hydroxyl groups is 1. The molecule has 0 unspecified atom stereocenters. The van der Waals surface area contributed by atoms with Gasteiger partial charge in [0.1, 0.15) is 5.75 Å². The molecule has 4 nitrogen and oxygen atoms in total. The summed E-state index contributed by atoms with van der Waals surface area (Å²) in [6, 6.07) is 2.60. The van der Waals surface area contributed by atoms with E-state index in [1.54, 1.807) is 0 Å². The minimum Gasteiger partial charge on any atom is -0.504 e. The summed E-state index contributed by atoms with van der Waals surface area (Å²) >= 11 is 0. The fourth-order valence-electron chi connectivity index (χ4n) is 0.928. The smallest absolute Gasteiger partial charge is 0.504 e. The highest BCUT2D eigenvalue weighted by molar-refractivity contribution is 5.70. The number of hydrogen-bond donors (Lipinski definition) is 1. The van der Waals surface area contributed by atoms with Gasteiger partial charge >= 0.3 is 12.3 Å². The first-order chi connectivity index (χ1) is 7.28.